The van der Waals surface area contributed by atoms with Crippen LogP contribution < -0.4 is 0 Å². The van der Waals surface area contributed by atoms with Gasteiger partial charge in [-0.15, -0.1) is 0 Å². The minimum atomic E-state index is 1.26. The van der Waals surface area contributed by atoms with Gasteiger partial charge in [-0.25, -0.2) is 0 Å². The van der Waals surface area contributed by atoms with Gasteiger partial charge in [0, 0.05) is 0 Å². The van der Waals surface area contributed by atoms with Gasteiger partial charge >= 0.3 is 0 Å². The van der Waals surface area contributed by atoms with E-state index in [1.165, 1.54) is 32.1 Å². The van der Waals surface area contributed by atoms with Gasteiger partial charge in [-0.05, 0) is 13.3 Å². The molecule has 0 atom stereocenters. The first kappa shape index (κ1) is 13.3. The van der Waals surface area contributed by atoms with Gasteiger partial charge < -0.3 is 0 Å². The summed E-state index contributed by atoms with van der Waals surface area (Å²) in [6.45, 7) is 8.64. The van der Waals surface area contributed by atoms with Crippen LogP contribution in [-0.4, -0.2) is 0 Å². The minimum absolute atomic E-state index is 1.26. The average molecular weight is 156 g/mol. The third kappa shape index (κ3) is 26.0. The molecule has 0 aromatic carbocycles. The lowest BCUT2D eigenvalue weighted by atomic mass is 10.2. The van der Waals surface area contributed by atoms with Crippen molar-refractivity contribution in [2.24, 2.45) is 0 Å². The van der Waals surface area contributed by atoms with Crippen molar-refractivity contribution in [2.75, 3.05) is 0 Å². The summed E-state index contributed by atoms with van der Waals surface area (Å²) in [6, 6.07) is 0. The average Bonchev–Trinajstić information content (AvgIpc) is 2.06. The first-order chi connectivity index (χ1) is 5.33. The molecular weight excluding hydrogens is 132 g/mol. The predicted octanol–water partition coefficient (Wildman–Crippen LogP) is 4.56. The molecule has 0 aliphatic rings. The second-order valence-electron chi connectivity index (χ2n) is 2.71. The molecule has 0 bridgehead atoms. The highest BCUT2D eigenvalue weighted by Gasteiger charge is 1.73. The van der Waals surface area contributed by atoms with E-state index in [1.54, 1.807) is 0 Å². The van der Waals surface area contributed by atoms with Crippen LogP contribution in [0.1, 0.15) is 59.8 Å². The molecule has 0 amide bonds. The third-order valence-corrected chi connectivity index (χ3v) is 1.46. The molecule has 0 heteroatoms. The molecule has 0 heterocycles. The summed E-state index contributed by atoms with van der Waals surface area (Å²) >= 11 is 0. The van der Waals surface area contributed by atoms with E-state index in [0.29, 0.717) is 0 Å². The van der Waals surface area contributed by atoms with Crippen molar-refractivity contribution in [3.63, 3.8) is 0 Å². The third-order valence-electron chi connectivity index (χ3n) is 1.46. The standard InChI is InChI=1S/C7H14.C4H10/c1-3-5-7-6-4-2;1-3-4-2/h3,5H,4,6-7H2,1-2H3;3-4H2,1-2H3/b5-3-;. The maximum Gasteiger partial charge on any atom is -0.0351 e. The van der Waals surface area contributed by atoms with Crippen LogP contribution >= 0.6 is 0 Å². The van der Waals surface area contributed by atoms with Gasteiger partial charge in [0.05, 0.1) is 0 Å². The monoisotopic (exact) mass is 156 g/mol. The molecule has 0 aromatic rings. The van der Waals surface area contributed by atoms with Crippen molar-refractivity contribution in [3.05, 3.63) is 12.2 Å². The Hall–Kier alpha value is -0.260. The fourth-order valence-corrected chi connectivity index (χ4v) is 0.489. The summed E-state index contributed by atoms with van der Waals surface area (Å²) < 4.78 is 0. The Labute approximate surface area is 72.7 Å². The molecule has 0 aliphatic heterocycles. The molecule has 0 rings (SSSR count). The zero-order chi connectivity index (χ0) is 8.95. The van der Waals surface area contributed by atoms with Crippen LogP contribution in [0.15, 0.2) is 12.2 Å². The molecule has 68 valence electrons. The number of allylic oxidation sites excluding steroid dienone is 2. The van der Waals surface area contributed by atoms with Gasteiger partial charge in [0.15, 0.2) is 0 Å². The van der Waals surface area contributed by atoms with Crippen LogP contribution in [0.2, 0.25) is 0 Å². The Morgan fingerprint density at radius 2 is 1.45 bits per heavy atom. The van der Waals surface area contributed by atoms with E-state index in [1.807, 2.05) is 0 Å². The normalized spacial score (nSPS) is 9.45. The molecule has 0 unspecified atom stereocenters. The van der Waals surface area contributed by atoms with Gasteiger partial charge in [0.2, 0.25) is 0 Å². The van der Waals surface area contributed by atoms with Crippen LogP contribution in [0.25, 0.3) is 0 Å². The van der Waals surface area contributed by atoms with Crippen molar-refractivity contribution in [1.82, 2.24) is 0 Å². The zero-order valence-electron chi connectivity index (χ0n) is 8.69. The molecule has 0 radical (unpaired) electrons. The first-order valence-electron chi connectivity index (χ1n) is 4.94. The van der Waals surface area contributed by atoms with Crippen LogP contribution in [0.5, 0.6) is 0 Å². The molecule has 0 spiro atoms. The van der Waals surface area contributed by atoms with Gasteiger partial charge in [-0.2, -0.15) is 0 Å². The maximum atomic E-state index is 2.21. The van der Waals surface area contributed by atoms with Crippen LogP contribution in [0.3, 0.4) is 0 Å². The Balaban J connectivity index is 0. The van der Waals surface area contributed by atoms with Crippen LogP contribution in [0.4, 0.5) is 0 Å². The summed E-state index contributed by atoms with van der Waals surface area (Å²) in [5, 5.41) is 0. The van der Waals surface area contributed by atoms with Gasteiger partial charge in [-0.3, -0.25) is 0 Å². The zero-order valence-corrected chi connectivity index (χ0v) is 8.69. The van der Waals surface area contributed by atoms with E-state index in [-0.39, 0.29) is 0 Å². The van der Waals surface area contributed by atoms with Crippen LogP contribution in [-0.2, 0) is 0 Å². The fourth-order valence-electron chi connectivity index (χ4n) is 0.489. The lowest BCUT2D eigenvalue weighted by Gasteiger charge is -1.83. The largest absolute Gasteiger partial charge is 0.0917 e. The second-order valence-corrected chi connectivity index (χ2v) is 2.71. The summed E-state index contributed by atoms with van der Waals surface area (Å²) in [7, 11) is 0. The van der Waals surface area contributed by atoms with Crippen molar-refractivity contribution in [1.29, 1.82) is 0 Å². The highest BCUT2D eigenvalue weighted by atomic mass is 13.8. The lowest BCUT2D eigenvalue weighted by Crippen LogP contribution is -1.63. The Morgan fingerprint density at radius 1 is 0.909 bits per heavy atom. The summed E-state index contributed by atoms with van der Waals surface area (Å²) in [5.74, 6) is 0. The summed E-state index contributed by atoms with van der Waals surface area (Å²) in [4.78, 5) is 0. The number of hydrogen-bond donors (Lipinski definition) is 0. The fraction of sp³-hybridized carbons (Fsp3) is 0.818. The minimum Gasteiger partial charge on any atom is -0.0917 e. The number of hydrogen-bond acceptors (Lipinski definition) is 0. The first-order valence-corrected chi connectivity index (χ1v) is 4.94. The Bertz CT molecular complexity index is 60.4. The summed E-state index contributed by atoms with van der Waals surface area (Å²) in [5.41, 5.74) is 0. The molecule has 0 saturated heterocycles. The van der Waals surface area contributed by atoms with Gasteiger partial charge in [0.25, 0.3) is 0 Å². The van der Waals surface area contributed by atoms with E-state index < -0.39 is 0 Å². The second kappa shape index (κ2) is 16.4. The lowest BCUT2D eigenvalue weighted by molar-refractivity contribution is 0.814. The van der Waals surface area contributed by atoms with E-state index in [2.05, 4.69) is 39.8 Å². The summed E-state index contributed by atoms with van der Waals surface area (Å²) in [6.07, 6.45) is 10.9. The van der Waals surface area contributed by atoms with Crippen LogP contribution in [0, 0.1) is 0 Å². The van der Waals surface area contributed by atoms with E-state index in [9.17, 15) is 0 Å². The van der Waals surface area contributed by atoms with Gasteiger partial charge in [0.1, 0.15) is 0 Å². The van der Waals surface area contributed by atoms with Crippen molar-refractivity contribution in [3.8, 4) is 0 Å². The number of rotatable bonds is 4. The smallest absolute Gasteiger partial charge is 0.0351 e. The molecule has 0 saturated carbocycles. The van der Waals surface area contributed by atoms with Crippen molar-refractivity contribution < 1.29 is 0 Å². The molecule has 0 aliphatic carbocycles. The molecule has 0 N–H and O–H groups in total. The van der Waals surface area contributed by atoms with Crippen molar-refractivity contribution in [2.45, 2.75) is 59.8 Å². The topological polar surface area (TPSA) is 0 Å². The van der Waals surface area contributed by atoms with E-state index in [4.69, 9.17) is 0 Å². The Morgan fingerprint density at radius 3 is 1.73 bits per heavy atom. The molecule has 0 fully saturated rings. The van der Waals surface area contributed by atoms with E-state index in [0.717, 1.165) is 0 Å². The highest BCUT2D eigenvalue weighted by molar-refractivity contribution is 4.75. The number of unbranched alkanes of at least 4 members (excludes halogenated alkanes) is 3. The SMILES string of the molecule is C/C=C\CCCC.CCCC. The Kier molecular flexibility index (Phi) is 19.9. The molecular formula is C11H24. The molecule has 11 heavy (non-hydrogen) atoms. The van der Waals surface area contributed by atoms with Crippen molar-refractivity contribution >= 4 is 0 Å². The maximum absolute atomic E-state index is 2.21. The predicted molar refractivity (Wildman–Crippen MR) is 54.9 cm³/mol. The van der Waals surface area contributed by atoms with E-state index >= 15 is 0 Å². The molecule has 0 aromatic heterocycles. The highest BCUT2D eigenvalue weighted by Crippen LogP contribution is 1.93. The molecule has 0 nitrogen and oxygen atoms in total. The quantitative estimate of drug-likeness (QED) is 0.413. The van der Waals surface area contributed by atoms with Gasteiger partial charge in [-0.1, -0.05) is 58.6 Å².